The summed E-state index contributed by atoms with van der Waals surface area (Å²) in [5.41, 5.74) is 0.905. The van der Waals surface area contributed by atoms with Crippen molar-refractivity contribution in [2.45, 2.75) is 13.5 Å². The van der Waals surface area contributed by atoms with Gasteiger partial charge in [0.15, 0.2) is 11.3 Å². The van der Waals surface area contributed by atoms with Crippen LogP contribution in [0.25, 0.3) is 5.65 Å². The first-order valence-corrected chi connectivity index (χ1v) is 5.96. The molecule has 0 unspecified atom stereocenters. The average Bonchev–Trinajstić information content (AvgIpc) is 2.73. The Kier molecular flexibility index (Phi) is 2.86. The minimum Gasteiger partial charge on any atom is -0.461 e. The molecule has 0 saturated heterocycles. The molecule has 0 bridgehead atoms. The molecule has 18 heavy (non-hydrogen) atoms. The highest BCUT2D eigenvalue weighted by Crippen LogP contribution is 2.22. The van der Waals surface area contributed by atoms with E-state index in [0.717, 1.165) is 0 Å². The zero-order valence-corrected chi connectivity index (χ0v) is 11.1. The van der Waals surface area contributed by atoms with Crippen LogP contribution in [0.1, 0.15) is 27.2 Å². The van der Waals surface area contributed by atoms with E-state index in [9.17, 15) is 4.79 Å². The van der Waals surface area contributed by atoms with E-state index in [1.807, 2.05) is 0 Å². The van der Waals surface area contributed by atoms with Gasteiger partial charge in [-0.1, -0.05) is 0 Å². The topological polar surface area (TPSA) is 65.7 Å². The molecule has 2 heterocycles. The second-order valence-electron chi connectivity index (χ2n) is 3.34. The Morgan fingerprint density at radius 2 is 2.50 bits per heavy atom. The summed E-state index contributed by atoms with van der Waals surface area (Å²) in [6.07, 6.45) is 1.45. The van der Waals surface area contributed by atoms with E-state index in [4.69, 9.17) is 13.6 Å². The van der Waals surface area contributed by atoms with E-state index >= 15 is 0 Å². The molecule has 0 atom stereocenters. The number of aromatic nitrogens is 3. The van der Waals surface area contributed by atoms with Crippen molar-refractivity contribution >= 4 is 27.5 Å². The molecule has 7 heteroatoms. The molecule has 0 aliphatic rings. The van der Waals surface area contributed by atoms with Crippen LogP contribution in [0.4, 0.5) is 0 Å². The number of fused-ring (bicyclic) bond motifs is 1. The second kappa shape index (κ2) is 5.45. The second-order valence-corrected chi connectivity index (χ2v) is 4.13. The van der Waals surface area contributed by atoms with E-state index in [-0.39, 0.29) is 18.9 Å². The first-order chi connectivity index (χ1) is 9.83. The molecule has 0 aliphatic carbocycles. The lowest BCUT2D eigenvalue weighted by Crippen LogP contribution is -2.11. The number of hydrogen-bond acceptors (Lipinski definition) is 5. The quantitative estimate of drug-likeness (QED) is 0.805. The molecule has 96 valence electrons. The van der Waals surface area contributed by atoms with Crippen LogP contribution < -0.4 is 0 Å². The lowest BCUT2D eigenvalue weighted by molar-refractivity contribution is 0.0516. The monoisotopic (exact) mass is 316 g/mol. The van der Waals surface area contributed by atoms with Crippen LogP contribution in [-0.2, 0) is 16.1 Å². The third-order valence-corrected chi connectivity index (χ3v) is 3.03. The van der Waals surface area contributed by atoms with Gasteiger partial charge >= 0.3 is 5.97 Å². The first kappa shape index (κ1) is 9.46. The summed E-state index contributed by atoms with van der Waals surface area (Å²) in [6, 6.07) is 1.47. The maximum absolute atomic E-state index is 11.8. The molecule has 0 N–H and O–H groups in total. The number of carbonyl (C=O) groups is 1. The van der Waals surface area contributed by atoms with Crippen LogP contribution in [-0.4, -0.2) is 34.2 Å². The molecule has 2 rings (SSSR count). The molecule has 2 aromatic rings. The largest absolute Gasteiger partial charge is 0.461 e. The van der Waals surface area contributed by atoms with Gasteiger partial charge in [-0.3, -0.25) is 0 Å². The number of halogens is 1. The molecule has 0 radical (unpaired) electrons. The van der Waals surface area contributed by atoms with Crippen molar-refractivity contribution in [2.75, 3.05) is 13.6 Å². The number of nitrogens with zero attached hydrogens (tertiary/aromatic N) is 3. The van der Waals surface area contributed by atoms with Gasteiger partial charge in [-0.05, 0) is 28.9 Å². The van der Waals surface area contributed by atoms with Crippen molar-refractivity contribution in [1.29, 1.82) is 0 Å². The third kappa shape index (κ3) is 2.23. The van der Waals surface area contributed by atoms with Crippen molar-refractivity contribution in [3.05, 3.63) is 28.1 Å². The lowest BCUT2D eigenvalue weighted by atomic mass is 10.4. The molecular formula is C11H12BrN3O3. The van der Waals surface area contributed by atoms with Crippen LogP contribution in [0.5, 0.6) is 0 Å². The number of esters is 1. The number of carbonyl (C=O) groups excluding carboxylic acids is 1. The van der Waals surface area contributed by atoms with E-state index in [1.165, 1.54) is 16.8 Å². The molecular weight excluding hydrogens is 302 g/mol. The maximum atomic E-state index is 11.8. The van der Waals surface area contributed by atoms with E-state index in [1.54, 1.807) is 6.92 Å². The van der Waals surface area contributed by atoms with Gasteiger partial charge in [-0.15, -0.1) is 0 Å². The Bertz CT molecular complexity index is 672. The van der Waals surface area contributed by atoms with Gasteiger partial charge in [0, 0.05) is 13.2 Å². The fraction of sp³-hybridized carbons (Fsp3) is 0.364. The number of ether oxygens (including phenoxy) is 2. The summed E-state index contributed by atoms with van der Waals surface area (Å²) in [5.74, 6) is -0.539. The normalized spacial score (nSPS) is 14.0. The van der Waals surface area contributed by atoms with Crippen LogP contribution >= 0.6 is 15.9 Å². The van der Waals surface area contributed by atoms with Crippen molar-refractivity contribution in [2.24, 2.45) is 0 Å². The first-order valence-electron chi connectivity index (χ1n) is 6.66. The lowest BCUT2D eigenvalue weighted by Gasteiger charge is -2.03. The number of hydrogen-bond donors (Lipinski definition) is 0. The van der Waals surface area contributed by atoms with Gasteiger partial charge in [-0.25, -0.2) is 14.3 Å². The summed E-state index contributed by atoms with van der Waals surface area (Å²) >= 11 is 3.28. The summed E-state index contributed by atoms with van der Waals surface area (Å²) in [7, 11) is -2.52. The summed E-state index contributed by atoms with van der Waals surface area (Å²) in [4.78, 5) is 15.9. The smallest absolute Gasteiger partial charge is 0.357 e. The average molecular weight is 317 g/mol. The van der Waals surface area contributed by atoms with E-state index in [0.29, 0.717) is 15.8 Å². The fourth-order valence-corrected chi connectivity index (χ4v) is 1.95. The van der Waals surface area contributed by atoms with Gasteiger partial charge in [0.05, 0.1) is 21.8 Å². The fourth-order valence-electron chi connectivity index (χ4n) is 1.48. The minimum atomic E-state index is -2.52. The number of methoxy groups -OCH3 is 1. The SMILES string of the molecule is [2H]C([2H])([2H])OCc1nn2c(C(=O)OCC)ccnc2c1Br. The van der Waals surface area contributed by atoms with E-state index < -0.39 is 13.0 Å². The predicted molar refractivity (Wildman–Crippen MR) is 67.4 cm³/mol. The van der Waals surface area contributed by atoms with Gasteiger partial charge in [-0.2, -0.15) is 5.10 Å². The Hall–Kier alpha value is -1.47. The molecule has 6 nitrogen and oxygen atoms in total. The standard InChI is InChI=1S/C11H12BrN3O3/c1-3-18-11(16)8-4-5-13-10-9(12)7(6-17-2)14-15(8)10/h4-5H,3,6H2,1-2H3/i2D3. The van der Waals surface area contributed by atoms with Crippen molar-refractivity contribution in [1.82, 2.24) is 14.6 Å². The van der Waals surface area contributed by atoms with Gasteiger partial charge < -0.3 is 9.47 Å². The molecule has 0 aromatic carbocycles. The van der Waals surface area contributed by atoms with Crippen LogP contribution in [0.3, 0.4) is 0 Å². The zero-order chi connectivity index (χ0) is 15.6. The summed E-state index contributed by atoms with van der Waals surface area (Å²) in [6.45, 7) is 1.70. The maximum Gasteiger partial charge on any atom is 0.357 e. The molecule has 0 aliphatic heterocycles. The van der Waals surface area contributed by atoms with Crippen LogP contribution in [0.2, 0.25) is 0 Å². The van der Waals surface area contributed by atoms with Gasteiger partial charge in [0.2, 0.25) is 0 Å². The molecule has 0 amide bonds. The molecule has 0 spiro atoms. The van der Waals surface area contributed by atoms with Crippen molar-refractivity contribution < 1.29 is 18.4 Å². The molecule has 2 aromatic heterocycles. The van der Waals surface area contributed by atoms with Crippen LogP contribution in [0, 0.1) is 0 Å². The highest BCUT2D eigenvalue weighted by molar-refractivity contribution is 9.10. The zero-order valence-electron chi connectivity index (χ0n) is 12.5. The van der Waals surface area contributed by atoms with Crippen molar-refractivity contribution in [3.63, 3.8) is 0 Å². The minimum absolute atomic E-state index is 0.197. The Morgan fingerprint density at radius 1 is 1.67 bits per heavy atom. The Morgan fingerprint density at radius 3 is 3.22 bits per heavy atom. The van der Waals surface area contributed by atoms with Crippen LogP contribution in [0.15, 0.2) is 16.7 Å². The Labute approximate surface area is 116 Å². The highest BCUT2D eigenvalue weighted by Gasteiger charge is 2.17. The molecule has 0 fully saturated rings. The summed E-state index contributed by atoms with van der Waals surface area (Å²) < 4.78 is 32.5. The predicted octanol–water partition coefficient (Wildman–Crippen LogP) is 1.81. The van der Waals surface area contributed by atoms with Gasteiger partial charge in [0.1, 0.15) is 5.69 Å². The van der Waals surface area contributed by atoms with E-state index in [2.05, 4.69) is 26.0 Å². The number of rotatable bonds is 4. The third-order valence-electron chi connectivity index (χ3n) is 2.22. The summed E-state index contributed by atoms with van der Waals surface area (Å²) in [5, 5.41) is 4.15. The van der Waals surface area contributed by atoms with Crippen molar-refractivity contribution in [3.8, 4) is 0 Å². The van der Waals surface area contributed by atoms with Gasteiger partial charge in [0.25, 0.3) is 0 Å². The Balaban J connectivity index is 2.40. The molecule has 0 saturated carbocycles. The highest BCUT2D eigenvalue weighted by atomic mass is 79.9.